The molecule has 1 heterocycles. The molecule has 0 spiro atoms. The number of hydrogen-bond donors (Lipinski definition) is 1. The van der Waals surface area contributed by atoms with Crippen LogP contribution in [0.1, 0.15) is 49.7 Å². The molecule has 1 aliphatic carbocycles. The standard InChI is InChI=1S/C13H22N2O2/c1-5-16-12-6-11(7-12)14-8(2)13-9(3)15-17-10(13)4/h8,11-12,14H,5-7H2,1-4H3. The first kappa shape index (κ1) is 12.6. The van der Waals surface area contributed by atoms with Crippen LogP contribution in [-0.2, 0) is 4.74 Å². The van der Waals surface area contributed by atoms with Crippen LogP contribution in [0.25, 0.3) is 0 Å². The third-order valence-electron chi connectivity index (χ3n) is 3.50. The minimum absolute atomic E-state index is 0.300. The van der Waals surface area contributed by atoms with Gasteiger partial charge in [0.25, 0.3) is 0 Å². The van der Waals surface area contributed by atoms with Gasteiger partial charge in [-0.1, -0.05) is 5.16 Å². The Labute approximate surface area is 103 Å². The Bertz CT molecular complexity index is 350. The largest absolute Gasteiger partial charge is 0.378 e. The highest BCUT2D eigenvalue weighted by Gasteiger charge is 2.31. The molecule has 4 nitrogen and oxygen atoms in total. The Morgan fingerprint density at radius 2 is 2.18 bits per heavy atom. The first-order valence-corrected chi connectivity index (χ1v) is 6.42. The monoisotopic (exact) mass is 238 g/mol. The lowest BCUT2D eigenvalue weighted by Gasteiger charge is -2.37. The summed E-state index contributed by atoms with van der Waals surface area (Å²) in [5, 5.41) is 7.60. The first-order chi connectivity index (χ1) is 8.11. The molecule has 1 aromatic rings. The van der Waals surface area contributed by atoms with Crippen molar-refractivity contribution < 1.29 is 9.26 Å². The average molecular weight is 238 g/mol. The van der Waals surface area contributed by atoms with Gasteiger partial charge in [0.05, 0.1) is 11.8 Å². The van der Waals surface area contributed by atoms with Crippen LogP contribution in [0.3, 0.4) is 0 Å². The van der Waals surface area contributed by atoms with Gasteiger partial charge in [0.15, 0.2) is 0 Å². The second-order valence-corrected chi connectivity index (χ2v) is 4.87. The molecule has 17 heavy (non-hydrogen) atoms. The van der Waals surface area contributed by atoms with Crippen LogP contribution in [-0.4, -0.2) is 23.9 Å². The van der Waals surface area contributed by atoms with Gasteiger partial charge in [-0.3, -0.25) is 0 Å². The molecular weight excluding hydrogens is 216 g/mol. The van der Waals surface area contributed by atoms with Gasteiger partial charge in [-0.05, 0) is 40.5 Å². The number of aromatic nitrogens is 1. The zero-order chi connectivity index (χ0) is 12.4. The summed E-state index contributed by atoms with van der Waals surface area (Å²) in [5.74, 6) is 0.920. The molecule has 0 radical (unpaired) electrons. The predicted molar refractivity (Wildman–Crippen MR) is 66.0 cm³/mol. The van der Waals surface area contributed by atoms with Gasteiger partial charge >= 0.3 is 0 Å². The van der Waals surface area contributed by atoms with Crippen molar-refractivity contribution in [3.8, 4) is 0 Å². The first-order valence-electron chi connectivity index (χ1n) is 6.42. The molecule has 1 atom stereocenters. The molecule has 1 N–H and O–H groups in total. The molecule has 2 rings (SSSR count). The summed E-state index contributed by atoms with van der Waals surface area (Å²) in [4.78, 5) is 0. The van der Waals surface area contributed by atoms with E-state index < -0.39 is 0 Å². The molecule has 0 aromatic carbocycles. The number of ether oxygens (including phenoxy) is 1. The van der Waals surface area contributed by atoms with Gasteiger partial charge in [0.2, 0.25) is 0 Å². The van der Waals surface area contributed by atoms with Crippen molar-refractivity contribution in [3.05, 3.63) is 17.0 Å². The van der Waals surface area contributed by atoms with E-state index in [0.717, 1.165) is 30.9 Å². The maximum absolute atomic E-state index is 5.56. The van der Waals surface area contributed by atoms with Crippen molar-refractivity contribution in [2.75, 3.05) is 6.61 Å². The number of nitrogens with zero attached hydrogens (tertiary/aromatic N) is 1. The SMILES string of the molecule is CCOC1CC(NC(C)c2c(C)noc2C)C1. The van der Waals surface area contributed by atoms with Crippen LogP contribution >= 0.6 is 0 Å². The Morgan fingerprint density at radius 1 is 1.47 bits per heavy atom. The molecule has 1 unspecified atom stereocenters. The highest BCUT2D eigenvalue weighted by molar-refractivity contribution is 5.24. The van der Waals surface area contributed by atoms with Crippen molar-refractivity contribution >= 4 is 0 Å². The normalized spacial score (nSPS) is 25.6. The Morgan fingerprint density at radius 3 is 2.71 bits per heavy atom. The molecule has 1 aliphatic rings. The zero-order valence-electron chi connectivity index (χ0n) is 11.1. The summed E-state index contributed by atoms with van der Waals surface area (Å²) in [7, 11) is 0. The molecule has 96 valence electrons. The summed E-state index contributed by atoms with van der Waals surface area (Å²) in [5.41, 5.74) is 2.19. The highest BCUT2D eigenvalue weighted by Crippen LogP contribution is 2.28. The number of hydrogen-bond acceptors (Lipinski definition) is 4. The molecule has 4 heteroatoms. The van der Waals surface area contributed by atoms with Gasteiger partial charge in [0.1, 0.15) is 5.76 Å². The van der Waals surface area contributed by atoms with Crippen LogP contribution in [0.15, 0.2) is 4.52 Å². The summed E-state index contributed by atoms with van der Waals surface area (Å²) in [6.07, 6.45) is 2.68. The van der Waals surface area contributed by atoms with Gasteiger partial charge in [-0.2, -0.15) is 0 Å². The topological polar surface area (TPSA) is 47.3 Å². The lowest BCUT2D eigenvalue weighted by molar-refractivity contribution is -0.0120. The van der Waals surface area contributed by atoms with Crippen molar-refractivity contribution in [1.29, 1.82) is 0 Å². The maximum atomic E-state index is 5.56. The fraction of sp³-hybridized carbons (Fsp3) is 0.769. The van der Waals surface area contributed by atoms with Crippen LogP contribution < -0.4 is 5.32 Å². The van der Waals surface area contributed by atoms with E-state index in [9.17, 15) is 0 Å². The van der Waals surface area contributed by atoms with Gasteiger partial charge in [-0.15, -0.1) is 0 Å². The van der Waals surface area contributed by atoms with Gasteiger partial charge in [0, 0.05) is 24.3 Å². The van der Waals surface area contributed by atoms with E-state index in [1.165, 1.54) is 5.56 Å². The van der Waals surface area contributed by atoms with Crippen molar-refractivity contribution in [3.63, 3.8) is 0 Å². The summed E-state index contributed by atoms with van der Waals surface area (Å²) in [6.45, 7) is 9.00. The Hall–Kier alpha value is -0.870. The number of aryl methyl sites for hydroxylation is 2. The van der Waals surface area contributed by atoms with Crippen molar-refractivity contribution in [2.45, 2.75) is 58.7 Å². The van der Waals surface area contributed by atoms with Crippen LogP contribution in [0.4, 0.5) is 0 Å². The zero-order valence-corrected chi connectivity index (χ0v) is 11.1. The second-order valence-electron chi connectivity index (χ2n) is 4.87. The van der Waals surface area contributed by atoms with E-state index in [2.05, 4.69) is 17.4 Å². The molecule has 1 saturated carbocycles. The highest BCUT2D eigenvalue weighted by atomic mass is 16.5. The third kappa shape index (κ3) is 2.69. The fourth-order valence-corrected chi connectivity index (χ4v) is 2.62. The lowest BCUT2D eigenvalue weighted by atomic mass is 9.88. The second kappa shape index (κ2) is 5.19. The molecule has 0 saturated heterocycles. The summed E-state index contributed by atoms with van der Waals surface area (Å²) < 4.78 is 10.8. The average Bonchev–Trinajstić information content (AvgIpc) is 2.55. The Balaban J connectivity index is 1.85. The van der Waals surface area contributed by atoms with Crippen molar-refractivity contribution in [1.82, 2.24) is 10.5 Å². The number of nitrogens with one attached hydrogen (secondary N) is 1. The fourth-order valence-electron chi connectivity index (χ4n) is 2.62. The summed E-state index contributed by atoms with van der Waals surface area (Å²) in [6, 6.07) is 0.865. The van der Waals surface area contributed by atoms with E-state index in [-0.39, 0.29) is 0 Å². The maximum Gasteiger partial charge on any atom is 0.138 e. The van der Waals surface area contributed by atoms with E-state index in [1.54, 1.807) is 0 Å². The molecule has 1 aromatic heterocycles. The third-order valence-corrected chi connectivity index (χ3v) is 3.50. The van der Waals surface area contributed by atoms with Crippen LogP contribution in [0.2, 0.25) is 0 Å². The van der Waals surface area contributed by atoms with Crippen LogP contribution in [0.5, 0.6) is 0 Å². The van der Waals surface area contributed by atoms with Crippen LogP contribution in [0, 0.1) is 13.8 Å². The van der Waals surface area contributed by atoms with E-state index >= 15 is 0 Å². The number of rotatable bonds is 5. The quantitative estimate of drug-likeness (QED) is 0.856. The van der Waals surface area contributed by atoms with E-state index in [4.69, 9.17) is 9.26 Å². The minimum atomic E-state index is 0.300. The Kier molecular flexibility index (Phi) is 3.84. The molecule has 0 amide bonds. The van der Waals surface area contributed by atoms with E-state index in [0.29, 0.717) is 18.2 Å². The molecule has 1 fully saturated rings. The van der Waals surface area contributed by atoms with Crippen molar-refractivity contribution in [2.24, 2.45) is 0 Å². The molecule has 0 aliphatic heterocycles. The molecule has 0 bridgehead atoms. The van der Waals surface area contributed by atoms with Gasteiger partial charge < -0.3 is 14.6 Å². The van der Waals surface area contributed by atoms with E-state index in [1.807, 2.05) is 20.8 Å². The van der Waals surface area contributed by atoms with Gasteiger partial charge in [-0.25, -0.2) is 0 Å². The summed E-state index contributed by atoms with van der Waals surface area (Å²) >= 11 is 0. The smallest absolute Gasteiger partial charge is 0.138 e. The minimum Gasteiger partial charge on any atom is -0.378 e. The lowest BCUT2D eigenvalue weighted by Crippen LogP contribution is -2.46. The molecular formula is C13H22N2O2. The predicted octanol–water partition coefficient (Wildman–Crippen LogP) is 2.51.